The minimum atomic E-state index is -0.786. The van der Waals surface area contributed by atoms with Crippen LogP contribution in [0.25, 0.3) is 0 Å². The number of amides is 4. The molecule has 0 aliphatic carbocycles. The number of urea groups is 1. The first-order valence-corrected chi connectivity index (χ1v) is 9.43. The quantitative estimate of drug-likeness (QED) is 0.572. The molecule has 1 heterocycles. The number of nitrogens with one attached hydrogen (secondary N) is 4. The number of hydrazine groups is 1. The van der Waals surface area contributed by atoms with Crippen molar-refractivity contribution in [3.63, 3.8) is 0 Å². The number of benzene rings is 1. The Morgan fingerprint density at radius 3 is 2.30 bits per heavy atom. The Labute approximate surface area is 162 Å². The largest absolute Gasteiger partial charge is 0.334 e. The van der Waals surface area contributed by atoms with E-state index in [0.29, 0.717) is 11.4 Å². The lowest BCUT2D eigenvalue weighted by molar-refractivity contribution is -0.124. The van der Waals surface area contributed by atoms with Crippen molar-refractivity contribution in [2.24, 2.45) is 5.92 Å². The molecule has 0 saturated heterocycles. The van der Waals surface area contributed by atoms with E-state index in [9.17, 15) is 14.4 Å². The second-order valence-corrected chi connectivity index (χ2v) is 7.68. The molecular weight excluding hydrogens is 364 g/mol. The molecule has 0 spiro atoms. The van der Waals surface area contributed by atoms with Gasteiger partial charge in [-0.25, -0.2) is 4.79 Å². The van der Waals surface area contributed by atoms with Gasteiger partial charge in [-0.3, -0.25) is 20.4 Å². The standard InChI is InChI=1S/C19H24N4O3S/c1-12(2)16(21-19(26)20-11-14-7-5-4-6-8-14)18(25)23-22-17(24)15-10-9-13(3)27-15/h4-10,12,16H,11H2,1-3H3,(H,22,24)(H,23,25)(H2,20,21,26). The number of carbonyl (C=O) groups excluding carboxylic acids is 3. The zero-order chi connectivity index (χ0) is 19.8. The molecule has 7 nitrogen and oxygen atoms in total. The maximum absolute atomic E-state index is 12.4. The highest BCUT2D eigenvalue weighted by Gasteiger charge is 2.24. The van der Waals surface area contributed by atoms with Crippen molar-refractivity contribution in [1.82, 2.24) is 21.5 Å². The molecule has 8 heteroatoms. The summed E-state index contributed by atoms with van der Waals surface area (Å²) in [6, 6.07) is 11.7. The highest BCUT2D eigenvalue weighted by molar-refractivity contribution is 7.13. The van der Waals surface area contributed by atoms with Gasteiger partial charge in [0, 0.05) is 11.4 Å². The Balaban J connectivity index is 1.84. The SMILES string of the molecule is Cc1ccc(C(=O)NNC(=O)C(NC(=O)NCc2ccccc2)C(C)C)s1. The Morgan fingerprint density at radius 1 is 1.00 bits per heavy atom. The number of aryl methyl sites for hydroxylation is 1. The van der Waals surface area contributed by atoms with Gasteiger partial charge in [0.25, 0.3) is 11.8 Å². The fourth-order valence-corrected chi connectivity index (χ4v) is 3.08. The van der Waals surface area contributed by atoms with Gasteiger partial charge in [-0.15, -0.1) is 11.3 Å². The van der Waals surface area contributed by atoms with Crippen LogP contribution in [-0.4, -0.2) is 23.9 Å². The van der Waals surface area contributed by atoms with Crippen LogP contribution in [0.5, 0.6) is 0 Å². The maximum atomic E-state index is 12.4. The predicted molar refractivity (Wildman–Crippen MR) is 105 cm³/mol. The zero-order valence-corrected chi connectivity index (χ0v) is 16.4. The van der Waals surface area contributed by atoms with Crippen molar-refractivity contribution in [3.05, 3.63) is 57.8 Å². The molecule has 0 fully saturated rings. The number of hydrogen-bond acceptors (Lipinski definition) is 4. The van der Waals surface area contributed by atoms with Gasteiger partial charge in [0.05, 0.1) is 4.88 Å². The topological polar surface area (TPSA) is 99.3 Å². The average Bonchev–Trinajstić information content (AvgIpc) is 3.09. The molecule has 0 bridgehead atoms. The van der Waals surface area contributed by atoms with Crippen molar-refractivity contribution in [2.45, 2.75) is 33.4 Å². The van der Waals surface area contributed by atoms with E-state index in [1.54, 1.807) is 6.07 Å². The van der Waals surface area contributed by atoms with Gasteiger partial charge in [-0.2, -0.15) is 0 Å². The van der Waals surface area contributed by atoms with Gasteiger partial charge < -0.3 is 10.6 Å². The second-order valence-electron chi connectivity index (χ2n) is 6.39. The summed E-state index contributed by atoms with van der Waals surface area (Å²) in [6.07, 6.45) is 0. The first kappa shape index (κ1) is 20.4. The highest BCUT2D eigenvalue weighted by atomic mass is 32.1. The summed E-state index contributed by atoms with van der Waals surface area (Å²) in [5.41, 5.74) is 5.71. The van der Waals surface area contributed by atoms with Crippen LogP contribution in [0.15, 0.2) is 42.5 Å². The van der Waals surface area contributed by atoms with E-state index in [-0.39, 0.29) is 5.92 Å². The molecule has 1 aromatic heterocycles. The third kappa shape index (κ3) is 6.41. The lowest BCUT2D eigenvalue weighted by Gasteiger charge is -2.22. The number of hydrogen-bond donors (Lipinski definition) is 4. The van der Waals surface area contributed by atoms with Gasteiger partial charge in [-0.1, -0.05) is 44.2 Å². The molecule has 1 atom stereocenters. The van der Waals surface area contributed by atoms with Gasteiger partial charge in [-0.05, 0) is 30.5 Å². The molecule has 1 unspecified atom stereocenters. The Bertz CT molecular complexity index is 789. The minimum Gasteiger partial charge on any atom is -0.334 e. The number of rotatable bonds is 6. The van der Waals surface area contributed by atoms with Gasteiger partial charge in [0.15, 0.2) is 0 Å². The molecule has 1 aromatic carbocycles. The molecule has 2 rings (SSSR count). The molecule has 4 amide bonds. The molecule has 0 radical (unpaired) electrons. The van der Waals surface area contributed by atoms with Crippen LogP contribution in [0, 0.1) is 12.8 Å². The Morgan fingerprint density at radius 2 is 1.70 bits per heavy atom. The highest BCUT2D eigenvalue weighted by Crippen LogP contribution is 2.14. The van der Waals surface area contributed by atoms with Crippen molar-refractivity contribution in [2.75, 3.05) is 0 Å². The minimum absolute atomic E-state index is 0.159. The summed E-state index contributed by atoms with van der Waals surface area (Å²) in [4.78, 5) is 38.0. The number of carbonyl (C=O) groups is 3. The molecule has 4 N–H and O–H groups in total. The summed E-state index contributed by atoms with van der Waals surface area (Å²) in [7, 11) is 0. The summed E-state index contributed by atoms with van der Waals surface area (Å²) >= 11 is 1.33. The van der Waals surface area contributed by atoms with Gasteiger partial charge in [0.1, 0.15) is 6.04 Å². The van der Waals surface area contributed by atoms with E-state index in [2.05, 4.69) is 21.5 Å². The molecule has 0 aliphatic rings. The Kier molecular flexibility index (Phi) is 7.36. The van der Waals surface area contributed by atoms with Crippen molar-refractivity contribution >= 4 is 29.2 Å². The van der Waals surface area contributed by atoms with Crippen LogP contribution < -0.4 is 21.5 Å². The summed E-state index contributed by atoms with van der Waals surface area (Å²) < 4.78 is 0. The van der Waals surface area contributed by atoms with Crippen LogP contribution in [0.2, 0.25) is 0 Å². The van der Waals surface area contributed by atoms with Crippen LogP contribution in [0.4, 0.5) is 4.79 Å². The van der Waals surface area contributed by atoms with Crippen molar-refractivity contribution < 1.29 is 14.4 Å². The second kappa shape index (κ2) is 9.72. The van der Waals surface area contributed by atoms with Gasteiger partial charge in [0.2, 0.25) is 0 Å². The Hall–Kier alpha value is -2.87. The first-order valence-electron chi connectivity index (χ1n) is 8.61. The molecule has 2 aromatic rings. The van der Waals surface area contributed by atoms with Crippen LogP contribution in [-0.2, 0) is 11.3 Å². The normalized spacial score (nSPS) is 11.6. The average molecular weight is 388 g/mol. The van der Waals surface area contributed by atoms with E-state index in [4.69, 9.17) is 0 Å². The van der Waals surface area contributed by atoms with E-state index >= 15 is 0 Å². The van der Waals surface area contributed by atoms with E-state index in [1.165, 1.54) is 11.3 Å². The zero-order valence-electron chi connectivity index (χ0n) is 15.5. The lowest BCUT2D eigenvalue weighted by atomic mass is 10.0. The predicted octanol–water partition coefficient (Wildman–Crippen LogP) is 2.34. The van der Waals surface area contributed by atoms with E-state index in [1.807, 2.05) is 57.2 Å². The van der Waals surface area contributed by atoms with Crippen molar-refractivity contribution in [3.8, 4) is 0 Å². The third-order valence-electron chi connectivity index (χ3n) is 3.80. The molecular formula is C19H24N4O3S. The van der Waals surface area contributed by atoms with Gasteiger partial charge >= 0.3 is 6.03 Å². The molecule has 0 aliphatic heterocycles. The number of thiophene rings is 1. The van der Waals surface area contributed by atoms with E-state index in [0.717, 1.165) is 10.4 Å². The van der Waals surface area contributed by atoms with Crippen LogP contribution >= 0.6 is 11.3 Å². The summed E-state index contributed by atoms with van der Waals surface area (Å²) in [5, 5.41) is 5.36. The van der Waals surface area contributed by atoms with Crippen LogP contribution in [0.1, 0.15) is 34.0 Å². The maximum Gasteiger partial charge on any atom is 0.315 e. The molecule has 0 saturated carbocycles. The smallest absolute Gasteiger partial charge is 0.315 e. The third-order valence-corrected chi connectivity index (χ3v) is 4.79. The van der Waals surface area contributed by atoms with Crippen LogP contribution in [0.3, 0.4) is 0 Å². The fourth-order valence-electron chi connectivity index (χ4n) is 2.32. The first-order chi connectivity index (χ1) is 12.9. The summed E-state index contributed by atoms with van der Waals surface area (Å²) in [6.45, 7) is 5.87. The van der Waals surface area contributed by atoms with E-state index < -0.39 is 23.9 Å². The summed E-state index contributed by atoms with van der Waals surface area (Å²) in [5.74, 6) is -1.03. The lowest BCUT2D eigenvalue weighted by Crippen LogP contribution is -2.55. The monoisotopic (exact) mass is 388 g/mol. The van der Waals surface area contributed by atoms with Crippen molar-refractivity contribution in [1.29, 1.82) is 0 Å². The fraction of sp³-hybridized carbons (Fsp3) is 0.316. The molecule has 144 valence electrons. The molecule has 27 heavy (non-hydrogen) atoms.